The highest BCUT2D eigenvalue weighted by Gasteiger charge is 2.22. The molecule has 0 unspecified atom stereocenters. The van der Waals surface area contributed by atoms with Crippen molar-refractivity contribution in [3.8, 4) is 78.6 Å². The molecular formula is C54H45N3O. The van der Waals surface area contributed by atoms with Crippen LogP contribution in [-0.2, 0) is 6.42 Å². The zero-order chi connectivity index (χ0) is 39.8. The number of hydrogen-bond acceptors (Lipinski definition) is 3. The van der Waals surface area contributed by atoms with Gasteiger partial charge in [0.1, 0.15) is 11.6 Å². The van der Waals surface area contributed by atoms with Crippen LogP contribution in [0.2, 0.25) is 0 Å². The topological polar surface area (TPSA) is 50.9 Å². The van der Waals surface area contributed by atoms with Gasteiger partial charge in [0.15, 0.2) is 0 Å². The zero-order valence-corrected chi connectivity index (χ0v) is 33.3. The van der Waals surface area contributed by atoms with E-state index in [4.69, 9.17) is 9.97 Å². The minimum absolute atomic E-state index is 0.241. The Balaban J connectivity index is 1.29. The summed E-state index contributed by atoms with van der Waals surface area (Å²) in [4.78, 5) is 10.4. The zero-order valence-electron chi connectivity index (χ0n) is 33.3. The van der Waals surface area contributed by atoms with Gasteiger partial charge in [0.25, 0.3) is 0 Å². The highest BCUT2D eigenvalue weighted by Crippen LogP contribution is 2.42. The number of phenolic OH excluding ortho intramolecular Hbond substituents is 1. The minimum atomic E-state index is 0.241. The Bertz CT molecular complexity index is 2910. The third-order valence-corrected chi connectivity index (χ3v) is 10.9. The lowest BCUT2D eigenvalue weighted by Gasteiger charge is -2.17. The summed E-state index contributed by atoms with van der Waals surface area (Å²) in [6, 6.07) is 59.8. The molecule has 4 nitrogen and oxygen atoms in total. The number of fused-ring (bicyclic) bond motifs is 1. The van der Waals surface area contributed by atoms with Gasteiger partial charge in [0.05, 0.1) is 22.3 Å². The minimum Gasteiger partial charge on any atom is -0.507 e. The third-order valence-electron chi connectivity index (χ3n) is 10.9. The van der Waals surface area contributed by atoms with Crippen LogP contribution in [0.1, 0.15) is 30.5 Å². The first kappa shape index (κ1) is 36.6. The number of rotatable bonds is 9. The number of aryl methyl sites for hydroxylation is 2. The number of imidazole rings is 1. The molecule has 1 N–H and O–H groups in total. The average Bonchev–Trinajstić information content (AvgIpc) is 3.65. The second kappa shape index (κ2) is 15.5. The molecule has 282 valence electrons. The van der Waals surface area contributed by atoms with Crippen molar-refractivity contribution in [3.63, 3.8) is 0 Å². The van der Waals surface area contributed by atoms with Crippen molar-refractivity contribution < 1.29 is 5.11 Å². The number of nitrogens with zero attached hydrogens (tertiary/aromatic N) is 3. The average molecular weight is 752 g/mol. The molecule has 0 bridgehead atoms. The molecule has 2 aromatic heterocycles. The molecule has 0 amide bonds. The van der Waals surface area contributed by atoms with Crippen molar-refractivity contribution >= 4 is 11.0 Å². The van der Waals surface area contributed by atoms with Crippen molar-refractivity contribution in [3.05, 3.63) is 193 Å². The largest absolute Gasteiger partial charge is 0.507 e. The van der Waals surface area contributed by atoms with Gasteiger partial charge in [-0.1, -0.05) is 129 Å². The Morgan fingerprint density at radius 1 is 0.534 bits per heavy atom. The molecule has 0 aliphatic carbocycles. The number of hydrogen-bond donors (Lipinski definition) is 1. The maximum atomic E-state index is 11.7. The van der Waals surface area contributed by atoms with Gasteiger partial charge in [-0.15, -0.1) is 0 Å². The molecule has 0 saturated heterocycles. The Morgan fingerprint density at radius 3 is 1.90 bits per heavy atom. The van der Waals surface area contributed by atoms with Gasteiger partial charge in [0, 0.05) is 23.0 Å². The van der Waals surface area contributed by atoms with E-state index in [-0.39, 0.29) is 5.75 Å². The molecule has 7 aromatic carbocycles. The second-order valence-electron chi connectivity index (χ2n) is 15.7. The number of pyridine rings is 1. The fraction of sp³-hybridized carbons (Fsp3) is 0.111. The molecular weight excluding hydrogens is 707 g/mol. The lowest BCUT2D eigenvalue weighted by atomic mass is 9.93. The van der Waals surface area contributed by atoms with E-state index in [0.29, 0.717) is 17.3 Å². The van der Waals surface area contributed by atoms with Gasteiger partial charge in [-0.25, -0.2) is 4.98 Å². The summed E-state index contributed by atoms with van der Waals surface area (Å²) in [6.45, 7) is 8.56. The van der Waals surface area contributed by atoms with E-state index in [2.05, 4.69) is 177 Å². The molecule has 0 saturated carbocycles. The number of benzene rings is 7. The summed E-state index contributed by atoms with van der Waals surface area (Å²) in [7, 11) is 0. The standard InChI is InChI=1S/C54H45N3O/c1-35(2)27-43-33-46(23-24-47(43)40-19-12-7-13-20-40)57-51-22-14-21-48(52(51)56-54(57)49-29-36(3)28-37(4)53(49)58)44-30-42(39-17-10-6-11-18-39)31-45(32-44)50-34-41(25-26-55-50)38-15-8-5-9-16-38/h5-26,28-35,58H,27H2,1-4H3. The molecule has 4 heteroatoms. The van der Waals surface area contributed by atoms with Crippen LogP contribution in [0.25, 0.3) is 83.9 Å². The monoisotopic (exact) mass is 751 g/mol. The first-order chi connectivity index (χ1) is 28.3. The molecule has 2 heterocycles. The molecule has 0 fully saturated rings. The predicted octanol–water partition coefficient (Wildman–Crippen LogP) is 13.9. The maximum absolute atomic E-state index is 11.7. The lowest BCUT2D eigenvalue weighted by molar-refractivity contribution is 0.472. The van der Waals surface area contributed by atoms with Gasteiger partial charge in [-0.2, -0.15) is 0 Å². The summed E-state index contributed by atoms with van der Waals surface area (Å²) in [5.41, 5.74) is 17.6. The van der Waals surface area contributed by atoms with Crippen LogP contribution < -0.4 is 0 Å². The fourth-order valence-electron chi connectivity index (χ4n) is 8.26. The number of aromatic nitrogens is 3. The molecule has 58 heavy (non-hydrogen) atoms. The van der Waals surface area contributed by atoms with Gasteiger partial charge in [0.2, 0.25) is 0 Å². The number of para-hydroxylation sites is 1. The normalized spacial score (nSPS) is 11.4. The molecule has 9 aromatic rings. The molecule has 0 spiro atoms. The quantitative estimate of drug-likeness (QED) is 0.160. The summed E-state index contributed by atoms with van der Waals surface area (Å²) >= 11 is 0. The Morgan fingerprint density at radius 2 is 1.19 bits per heavy atom. The second-order valence-corrected chi connectivity index (χ2v) is 15.7. The summed E-state index contributed by atoms with van der Waals surface area (Å²) < 4.78 is 2.23. The van der Waals surface area contributed by atoms with Crippen LogP contribution in [0.15, 0.2) is 176 Å². The molecule has 0 radical (unpaired) electrons. The number of aromatic hydroxyl groups is 1. The van der Waals surface area contributed by atoms with Crippen LogP contribution in [0.4, 0.5) is 0 Å². The summed E-state index contributed by atoms with van der Waals surface area (Å²) in [5.74, 6) is 1.40. The first-order valence-electron chi connectivity index (χ1n) is 20.0. The van der Waals surface area contributed by atoms with Crippen LogP contribution >= 0.6 is 0 Å². The van der Waals surface area contributed by atoms with E-state index >= 15 is 0 Å². The van der Waals surface area contributed by atoms with Crippen molar-refractivity contribution in [2.45, 2.75) is 34.1 Å². The molecule has 0 aliphatic heterocycles. The van der Waals surface area contributed by atoms with E-state index in [1.807, 2.05) is 31.3 Å². The predicted molar refractivity (Wildman–Crippen MR) is 241 cm³/mol. The highest BCUT2D eigenvalue weighted by molar-refractivity contribution is 5.98. The van der Waals surface area contributed by atoms with E-state index in [1.54, 1.807) is 0 Å². The van der Waals surface area contributed by atoms with E-state index in [0.717, 1.165) is 78.9 Å². The van der Waals surface area contributed by atoms with Crippen molar-refractivity contribution in [2.75, 3.05) is 0 Å². The third kappa shape index (κ3) is 7.10. The van der Waals surface area contributed by atoms with Gasteiger partial charge in [-0.3, -0.25) is 9.55 Å². The van der Waals surface area contributed by atoms with Crippen LogP contribution in [-0.4, -0.2) is 19.6 Å². The van der Waals surface area contributed by atoms with Gasteiger partial charge >= 0.3 is 0 Å². The molecule has 9 rings (SSSR count). The molecule has 0 atom stereocenters. The Hall–Kier alpha value is -7.04. The van der Waals surface area contributed by atoms with E-state index in [9.17, 15) is 5.11 Å². The first-order valence-corrected chi connectivity index (χ1v) is 20.0. The van der Waals surface area contributed by atoms with Crippen molar-refractivity contribution in [1.82, 2.24) is 14.5 Å². The smallest absolute Gasteiger partial charge is 0.149 e. The highest BCUT2D eigenvalue weighted by atomic mass is 16.3. The summed E-state index contributed by atoms with van der Waals surface area (Å²) in [5, 5.41) is 11.7. The van der Waals surface area contributed by atoms with Crippen LogP contribution in [0.3, 0.4) is 0 Å². The van der Waals surface area contributed by atoms with E-state index in [1.165, 1.54) is 16.7 Å². The SMILES string of the molecule is Cc1cc(C)c(O)c(-c2nc3c(-c4cc(-c5ccccc5)cc(-c5cc(-c6ccccc6)ccn5)c4)cccc3n2-c2ccc(-c3ccccc3)c(CC(C)C)c2)c1. The molecule has 0 aliphatic rings. The Labute approximate surface area is 340 Å². The number of phenols is 1. The van der Waals surface area contributed by atoms with E-state index < -0.39 is 0 Å². The van der Waals surface area contributed by atoms with Crippen LogP contribution in [0, 0.1) is 19.8 Å². The fourth-order valence-corrected chi connectivity index (χ4v) is 8.26. The van der Waals surface area contributed by atoms with Crippen LogP contribution in [0.5, 0.6) is 5.75 Å². The maximum Gasteiger partial charge on any atom is 0.149 e. The Kier molecular flexibility index (Phi) is 9.76. The summed E-state index contributed by atoms with van der Waals surface area (Å²) in [6.07, 6.45) is 2.82. The lowest BCUT2D eigenvalue weighted by Crippen LogP contribution is -2.03. The van der Waals surface area contributed by atoms with Gasteiger partial charge < -0.3 is 5.11 Å². The van der Waals surface area contributed by atoms with Crippen molar-refractivity contribution in [1.29, 1.82) is 0 Å². The van der Waals surface area contributed by atoms with Gasteiger partial charge in [-0.05, 0) is 136 Å². The van der Waals surface area contributed by atoms with Crippen molar-refractivity contribution in [2.24, 2.45) is 5.92 Å².